The van der Waals surface area contributed by atoms with Crippen molar-refractivity contribution in [3.05, 3.63) is 66.2 Å². The van der Waals surface area contributed by atoms with Crippen LogP contribution in [0.5, 0.6) is 0 Å². The van der Waals surface area contributed by atoms with E-state index in [2.05, 4.69) is 10.6 Å². The molecule has 0 aliphatic carbocycles. The van der Waals surface area contributed by atoms with E-state index in [1.165, 1.54) is 4.31 Å². The zero-order chi connectivity index (χ0) is 25.2. The van der Waals surface area contributed by atoms with Crippen molar-refractivity contribution in [3.63, 3.8) is 0 Å². The molecule has 7 nitrogen and oxygen atoms in total. The minimum absolute atomic E-state index is 0.0916. The summed E-state index contributed by atoms with van der Waals surface area (Å²) >= 11 is 0. The lowest BCUT2D eigenvalue weighted by Crippen LogP contribution is -2.41. The molecule has 0 atom stereocenters. The zero-order valence-electron chi connectivity index (χ0n) is 20.2. The van der Waals surface area contributed by atoms with E-state index in [-0.39, 0.29) is 41.6 Å². The molecule has 0 radical (unpaired) electrons. The summed E-state index contributed by atoms with van der Waals surface area (Å²) in [4.78, 5) is 25.2. The average Bonchev–Trinajstić information content (AvgIpc) is 2.85. The van der Waals surface area contributed by atoms with Crippen LogP contribution >= 0.6 is 0 Å². The van der Waals surface area contributed by atoms with Gasteiger partial charge >= 0.3 is 0 Å². The molecular weight excluding hydrogens is 462 g/mol. The molecule has 184 valence electrons. The Hall–Kier alpha value is -3.23. The summed E-state index contributed by atoms with van der Waals surface area (Å²) in [5.74, 6) is -0.661. The van der Waals surface area contributed by atoms with E-state index < -0.39 is 10.0 Å². The Balaban J connectivity index is 1.40. The van der Waals surface area contributed by atoms with Crippen LogP contribution in [0.3, 0.4) is 0 Å². The number of amides is 2. The summed E-state index contributed by atoms with van der Waals surface area (Å²) in [6, 6.07) is 18.2. The normalized spacial score (nSPS) is 15.3. The van der Waals surface area contributed by atoms with Crippen molar-refractivity contribution < 1.29 is 18.0 Å². The fourth-order valence-corrected chi connectivity index (χ4v) is 5.70. The number of nitrogens with zero attached hydrogens (tertiary/aromatic N) is 1. The Bertz CT molecular complexity index is 1360. The second kappa shape index (κ2) is 10.2. The first-order valence-corrected chi connectivity index (χ1v) is 13.3. The van der Waals surface area contributed by atoms with Gasteiger partial charge in [-0.1, -0.05) is 50.2 Å². The van der Waals surface area contributed by atoms with Crippen molar-refractivity contribution in [1.29, 1.82) is 0 Å². The van der Waals surface area contributed by atoms with Crippen molar-refractivity contribution in [2.75, 3.05) is 23.7 Å². The van der Waals surface area contributed by atoms with Gasteiger partial charge in [0.2, 0.25) is 21.8 Å². The number of carbonyl (C=O) groups is 2. The number of hydrogen-bond acceptors (Lipinski definition) is 4. The number of aryl methyl sites for hydroxylation is 1. The standard InChI is InChI=1S/C27H31N3O4S/c1-18(2)26(31)28-23-10-8-19(3)25(17-23)29-27(32)21-12-14-30(15-13-21)35(33,34)24-11-9-20-6-4-5-7-22(20)16-24/h4-11,16-18,21H,12-15H2,1-3H3,(H,28,31)(H,29,32). The fourth-order valence-electron chi connectivity index (χ4n) is 4.19. The summed E-state index contributed by atoms with van der Waals surface area (Å²) in [5, 5.41) is 7.69. The van der Waals surface area contributed by atoms with Crippen LogP contribution in [0.4, 0.5) is 11.4 Å². The number of benzene rings is 3. The predicted octanol–water partition coefficient (Wildman–Crippen LogP) is 4.78. The first-order chi connectivity index (χ1) is 16.6. The van der Waals surface area contributed by atoms with E-state index >= 15 is 0 Å². The van der Waals surface area contributed by atoms with Gasteiger partial charge in [0.05, 0.1) is 4.90 Å². The average molecular weight is 494 g/mol. The Morgan fingerprint density at radius 2 is 1.60 bits per heavy atom. The number of sulfonamides is 1. The first kappa shape index (κ1) is 24.9. The molecule has 1 aliphatic heterocycles. The lowest BCUT2D eigenvalue weighted by atomic mass is 9.97. The third kappa shape index (κ3) is 5.55. The summed E-state index contributed by atoms with van der Waals surface area (Å²) in [7, 11) is -3.63. The molecule has 3 aromatic carbocycles. The molecule has 0 spiro atoms. The van der Waals surface area contributed by atoms with Gasteiger partial charge in [0.25, 0.3) is 0 Å². The van der Waals surface area contributed by atoms with E-state index in [1.54, 1.807) is 24.3 Å². The molecule has 4 rings (SSSR count). The van der Waals surface area contributed by atoms with Crippen molar-refractivity contribution in [1.82, 2.24) is 4.31 Å². The number of rotatable bonds is 6. The topological polar surface area (TPSA) is 95.6 Å². The maximum Gasteiger partial charge on any atom is 0.243 e. The van der Waals surface area contributed by atoms with Gasteiger partial charge in [-0.05, 0) is 60.4 Å². The minimum atomic E-state index is -3.63. The van der Waals surface area contributed by atoms with Crippen molar-refractivity contribution >= 4 is 44.0 Å². The van der Waals surface area contributed by atoms with Crippen molar-refractivity contribution in [2.24, 2.45) is 11.8 Å². The summed E-state index contributed by atoms with van der Waals surface area (Å²) in [6.07, 6.45) is 0.892. The SMILES string of the molecule is Cc1ccc(NC(=O)C(C)C)cc1NC(=O)C1CCN(S(=O)(=O)c2ccc3ccccc3c2)CC1. The van der Waals surface area contributed by atoms with Crippen LogP contribution in [0.2, 0.25) is 0 Å². The van der Waals surface area contributed by atoms with Gasteiger partial charge in [-0.25, -0.2) is 8.42 Å². The van der Waals surface area contributed by atoms with Gasteiger partial charge in [0.1, 0.15) is 0 Å². The maximum atomic E-state index is 13.2. The molecule has 0 bridgehead atoms. The van der Waals surface area contributed by atoms with E-state index in [1.807, 2.05) is 57.2 Å². The molecule has 1 saturated heterocycles. The second-order valence-corrected chi connectivity index (χ2v) is 11.3. The van der Waals surface area contributed by atoms with Crippen LogP contribution in [0.1, 0.15) is 32.3 Å². The molecule has 0 saturated carbocycles. The van der Waals surface area contributed by atoms with E-state index in [9.17, 15) is 18.0 Å². The number of piperidine rings is 1. The Morgan fingerprint density at radius 1 is 0.914 bits per heavy atom. The summed E-state index contributed by atoms with van der Waals surface area (Å²) < 4.78 is 27.9. The van der Waals surface area contributed by atoms with Crippen LogP contribution in [0, 0.1) is 18.8 Å². The molecule has 35 heavy (non-hydrogen) atoms. The van der Waals surface area contributed by atoms with Gasteiger partial charge in [-0.2, -0.15) is 4.31 Å². The number of carbonyl (C=O) groups excluding carboxylic acids is 2. The molecule has 1 aliphatic rings. The van der Waals surface area contributed by atoms with Crippen LogP contribution in [0.15, 0.2) is 65.6 Å². The fraction of sp³-hybridized carbons (Fsp3) is 0.333. The summed E-state index contributed by atoms with van der Waals surface area (Å²) in [6.45, 7) is 6.10. The van der Waals surface area contributed by atoms with Gasteiger partial charge in [-0.15, -0.1) is 0 Å². The molecule has 0 unspecified atom stereocenters. The first-order valence-electron chi connectivity index (χ1n) is 11.9. The highest BCUT2D eigenvalue weighted by Crippen LogP contribution is 2.28. The monoisotopic (exact) mass is 493 g/mol. The smallest absolute Gasteiger partial charge is 0.243 e. The van der Waals surface area contributed by atoms with E-state index in [0.717, 1.165) is 16.3 Å². The molecule has 1 heterocycles. The van der Waals surface area contributed by atoms with Gasteiger partial charge in [-0.3, -0.25) is 9.59 Å². The molecule has 2 amide bonds. The number of hydrogen-bond donors (Lipinski definition) is 2. The Morgan fingerprint density at radius 3 is 2.29 bits per heavy atom. The van der Waals surface area contributed by atoms with Crippen LogP contribution in [-0.4, -0.2) is 37.6 Å². The van der Waals surface area contributed by atoms with Gasteiger partial charge in [0.15, 0.2) is 0 Å². The highest BCUT2D eigenvalue weighted by molar-refractivity contribution is 7.89. The third-order valence-corrected chi connectivity index (χ3v) is 8.37. The Kier molecular flexibility index (Phi) is 7.23. The molecule has 3 aromatic rings. The van der Waals surface area contributed by atoms with Gasteiger partial charge < -0.3 is 10.6 Å². The number of fused-ring (bicyclic) bond motifs is 1. The molecular formula is C27H31N3O4S. The quantitative estimate of drug-likeness (QED) is 0.516. The summed E-state index contributed by atoms with van der Waals surface area (Å²) in [5.41, 5.74) is 2.15. The maximum absolute atomic E-state index is 13.2. The van der Waals surface area contributed by atoms with E-state index in [4.69, 9.17) is 0 Å². The minimum Gasteiger partial charge on any atom is -0.326 e. The molecule has 2 N–H and O–H groups in total. The highest BCUT2D eigenvalue weighted by atomic mass is 32.2. The van der Waals surface area contributed by atoms with Crippen LogP contribution in [0.25, 0.3) is 10.8 Å². The van der Waals surface area contributed by atoms with Gasteiger partial charge in [0, 0.05) is 36.3 Å². The highest BCUT2D eigenvalue weighted by Gasteiger charge is 2.32. The van der Waals surface area contributed by atoms with Crippen molar-refractivity contribution in [2.45, 2.75) is 38.5 Å². The number of anilines is 2. The lowest BCUT2D eigenvalue weighted by molar-refractivity contribution is -0.121. The lowest BCUT2D eigenvalue weighted by Gasteiger charge is -2.30. The van der Waals surface area contributed by atoms with Crippen molar-refractivity contribution in [3.8, 4) is 0 Å². The predicted molar refractivity (Wildman–Crippen MR) is 139 cm³/mol. The molecule has 8 heteroatoms. The zero-order valence-corrected chi connectivity index (χ0v) is 21.1. The second-order valence-electron chi connectivity index (χ2n) is 9.35. The molecule has 1 fully saturated rings. The van der Waals surface area contributed by atoms with E-state index in [0.29, 0.717) is 24.2 Å². The largest absolute Gasteiger partial charge is 0.326 e. The molecule has 0 aromatic heterocycles. The number of nitrogens with one attached hydrogen (secondary N) is 2. The Labute approximate surface area is 206 Å². The third-order valence-electron chi connectivity index (χ3n) is 6.47. The van der Waals surface area contributed by atoms with Crippen LogP contribution in [-0.2, 0) is 19.6 Å². The van der Waals surface area contributed by atoms with Crippen LogP contribution < -0.4 is 10.6 Å².